The monoisotopic (exact) mass is 158 g/mol. The van der Waals surface area contributed by atoms with Gasteiger partial charge in [0.25, 0.3) is 0 Å². The van der Waals surface area contributed by atoms with Crippen molar-refractivity contribution >= 4 is 11.9 Å². The van der Waals surface area contributed by atoms with E-state index in [0.717, 1.165) is 0 Å². The molecule has 4 nitrogen and oxygen atoms in total. The minimum Gasteiger partial charge on any atom is -0.469 e. The maximum absolute atomic E-state index is 10.9. The van der Waals surface area contributed by atoms with Crippen LogP contribution in [0, 0.1) is 11.8 Å². The topological polar surface area (TPSA) is 52.6 Å². The van der Waals surface area contributed by atoms with Gasteiger partial charge in [0.2, 0.25) is 0 Å². The van der Waals surface area contributed by atoms with Crippen molar-refractivity contribution in [2.24, 2.45) is 11.8 Å². The summed E-state index contributed by atoms with van der Waals surface area (Å²) < 4.78 is 9.14. The van der Waals surface area contributed by atoms with Crippen molar-refractivity contribution in [2.75, 3.05) is 13.7 Å². The third kappa shape index (κ3) is 1.34. The molecule has 0 aromatic carbocycles. The maximum atomic E-state index is 10.9. The van der Waals surface area contributed by atoms with Crippen molar-refractivity contribution < 1.29 is 19.1 Å². The molecule has 0 aromatic heterocycles. The molecule has 62 valence electrons. The summed E-state index contributed by atoms with van der Waals surface area (Å²) in [6, 6.07) is 0. The number of cyclic esters (lactones) is 1. The second-order valence-corrected chi connectivity index (χ2v) is 2.55. The number of methoxy groups -OCH3 is 1. The van der Waals surface area contributed by atoms with E-state index in [2.05, 4.69) is 9.47 Å². The predicted molar refractivity (Wildman–Crippen MR) is 35.6 cm³/mol. The molecule has 1 aliphatic rings. The molecule has 0 spiro atoms. The Morgan fingerprint density at radius 3 is 2.73 bits per heavy atom. The van der Waals surface area contributed by atoms with E-state index in [1.165, 1.54) is 7.11 Å². The standard InChI is InChI=1S/C7H10O4/c1-4-5(7(9)10-2)3-11-6(4)8/h4-5H,3H2,1-2H3/t4-,5-/m1/s1. The van der Waals surface area contributed by atoms with Gasteiger partial charge in [-0.15, -0.1) is 0 Å². The van der Waals surface area contributed by atoms with Crippen LogP contribution >= 0.6 is 0 Å². The molecule has 1 fully saturated rings. The molecular weight excluding hydrogens is 148 g/mol. The molecule has 1 saturated heterocycles. The van der Waals surface area contributed by atoms with Crippen molar-refractivity contribution in [3.8, 4) is 0 Å². The molecule has 0 amide bonds. The Balaban J connectivity index is 2.61. The third-order valence-corrected chi connectivity index (χ3v) is 1.88. The highest BCUT2D eigenvalue weighted by Gasteiger charge is 2.38. The summed E-state index contributed by atoms with van der Waals surface area (Å²) in [5.41, 5.74) is 0. The van der Waals surface area contributed by atoms with Gasteiger partial charge in [-0.25, -0.2) is 0 Å². The lowest BCUT2D eigenvalue weighted by Crippen LogP contribution is -2.22. The number of esters is 2. The Morgan fingerprint density at radius 1 is 1.73 bits per heavy atom. The van der Waals surface area contributed by atoms with E-state index < -0.39 is 5.92 Å². The highest BCUT2D eigenvalue weighted by Crippen LogP contribution is 2.22. The third-order valence-electron chi connectivity index (χ3n) is 1.88. The first-order chi connectivity index (χ1) is 5.16. The maximum Gasteiger partial charge on any atom is 0.313 e. The summed E-state index contributed by atoms with van der Waals surface area (Å²) in [6.45, 7) is 1.82. The average Bonchev–Trinajstić information content (AvgIpc) is 2.32. The van der Waals surface area contributed by atoms with Crippen molar-refractivity contribution in [2.45, 2.75) is 6.92 Å². The molecule has 1 aliphatic heterocycles. The summed E-state index contributed by atoms with van der Waals surface area (Å²) in [4.78, 5) is 21.7. The zero-order chi connectivity index (χ0) is 8.43. The second kappa shape index (κ2) is 2.90. The van der Waals surface area contributed by atoms with Crippen molar-refractivity contribution in [1.82, 2.24) is 0 Å². The quantitative estimate of drug-likeness (QED) is 0.503. The summed E-state index contributed by atoms with van der Waals surface area (Å²) in [6.07, 6.45) is 0. The van der Waals surface area contributed by atoms with E-state index in [0.29, 0.717) is 0 Å². The van der Waals surface area contributed by atoms with Crippen LogP contribution in [0.5, 0.6) is 0 Å². The summed E-state index contributed by atoms with van der Waals surface area (Å²) in [5.74, 6) is -1.46. The number of carbonyl (C=O) groups is 2. The smallest absolute Gasteiger partial charge is 0.313 e. The number of hydrogen-bond acceptors (Lipinski definition) is 4. The largest absolute Gasteiger partial charge is 0.469 e. The molecule has 0 unspecified atom stereocenters. The lowest BCUT2D eigenvalue weighted by atomic mass is 9.98. The van der Waals surface area contributed by atoms with Crippen LogP contribution in [0.1, 0.15) is 6.92 Å². The fourth-order valence-electron chi connectivity index (χ4n) is 1.04. The van der Waals surface area contributed by atoms with Crippen molar-refractivity contribution in [1.29, 1.82) is 0 Å². The molecule has 2 atom stereocenters. The molecule has 0 bridgehead atoms. The summed E-state index contributed by atoms with van der Waals surface area (Å²) in [7, 11) is 1.30. The Kier molecular flexibility index (Phi) is 2.12. The number of ether oxygens (including phenoxy) is 2. The first kappa shape index (κ1) is 8.04. The molecule has 1 heterocycles. The fraction of sp³-hybridized carbons (Fsp3) is 0.714. The van der Waals surface area contributed by atoms with Gasteiger partial charge < -0.3 is 9.47 Å². The van der Waals surface area contributed by atoms with Gasteiger partial charge in [0, 0.05) is 0 Å². The Labute approximate surface area is 64.5 Å². The predicted octanol–water partition coefficient (Wildman–Crippen LogP) is -0.0315. The van der Waals surface area contributed by atoms with E-state index in [1.54, 1.807) is 6.92 Å². The second-order valence-electron chi connectivity index (χ2n) is 2.55. The van der Waals surface area contributed by atoms with E-state index in [9.17, 15) is 9.59 Å². The highest BCUT2D eigenvalue weighted by atomic mass is 16.6. The normalized spacial score (nSPS) is 29.8. The van der Waals surface area contributed by atoms with Gasteiger partial charge in [0.1, 0.15) is 12.5 Å². The van der Waals surface area contributed by atoms with Crippen LogP contribution in [0.15, 0.2) is 0 Å². The first-order valence-electron chi connectivity index (χ1n) is 3.41. The average molecular weight is 158 g/mol. The van der Waals surface area contributed by atoms with Crippen LogP contribution < -0.4 is 0 Å². The molecule has 0 radical (unpaired) electrons. The minimum absolute atomic E-state index is 0.159. The Morgan fingerprint density at radius 2 is 2.36 bits per heavy atom. The molecule has 11 heavy (non-hydrogen) atoms. The Hall–Kier alpha value is -1.06. The van der Waals surface area contributed by atoms with E-state index in [4.69, 9.17) is 0 Å². The van der Waals surface area contributed by atoms with Gasteiger partial charge in [0.05, 0.1) is 13.0 Å². The van der Waals surface area contributed by atoms with Crippen LogP contribution in [-0.4, -0.2) is 25.7 Å². The summed E-state index contributed by atoms with van der Waals surface area (Å²) in [5, 5.41) is 0. The van der Waals surface area contributed by atoms with Gasteiger partial charge in [-0.3, -0.25) is 9.59 Å². The molecule has 4 heteroatoms. The molecule has 0 saturated carbocycles. The lowest BCUT2D eigenvalue weighted by molar-refractivity contribution is -0.147. The van der Waals surface area contributed by atoms with Gasteiger partial charge in [-0.05, 0) is 0 Å². The Bertz CT molecular complexity index is 187. The number of hydrogen-bond donors (Lipinski definition) is 0. The fourth-order valence-corrected chi connectivity index (χ4v) is 1.04. The van der Waals surface area contributed by atoms with Gasteiger partial charge >= 0.3 is 11.9 Å². The van der Waals surface area contributed by atoms with Crippen molar-refractivity contribution in [3.05, 3.63) is 0 Å². The molecular formula is C7H10O4. The van der Waals surface area contributed by atoms with E-state index in [-0.39, 0.29) is 24.5 Å². The lowest BCUT2D eigenvalue weighted by Gasteiger charge is -2.06. The zero-order valence-electron chi connectivity index (χ0n) is 6.49. The van der Waals surface area contributed by atoms with E-state index >= 15 is 0 Å². The minimum atomic E-state index is -0.410. The van der Waals surface area contributed by atoms with Crippen LogP contribution in [0.2, 0.25) is 0 Å². The highest BCUT2D eigenvalue weighted by molar-refractivity contribution is 5.84. The molecule has 0 aliphatic carbocycles. The summed E-state index contributed by atoms with van der Waals surface area (Å²) >= 11 is 0. The zero-order valence-corrected chi connectivity index (χ0v) is 6.49. The van der Waals surface area contributed by atoms with Crippen molar-refractivity contribution in [3.63, 3.8) is 0 Å². The number of rotatable bonds is 1. The van der Waals surface area contributed by atoms with Gasteiger partial charge in [-0.2, -0.15) is 0 Å². The molecule has 1 rings (SSSR count). The molecule has 0 N–H and O–H groups in total. The van der Waals surface area contributed by atoms with Crippen LogP contribution in [-0.2, 0) is 19.1 Å². The van der Waals surface area contributed by atoms with Crippen LogP contribution in [0.3, 0.4) is 0 Å². The van der Waals surface area contributed by atoms with Gasteiger partial charge in [0.15, 0.2) is 0 Å². The number of carbonyl (C=O) groups excluding carboxylic acids is 2. The first-order valence-corrected chi connectivity index (χ1v) is 3.41. The molecule has 0 aromatic rings. The van der Waals surface area contributed by atoms with Gasteiger partial charge in [-0.1, -0.05) is 6.92 Å². The van der Waals surface area contributed by atoms with E-state index in [1.807, 2.05) is 0 Å². The van der Waals surface area contributed by atoms with Crippen LogP contribution in [0.25, 0.3) is 0 Å². The van der Waals surface area contributed by atoms with Crippen LogP contribution in [0.4, 0.5) is 0 Å². The SMILES string of the molecule is COC(=O)[C@@H]1COC(=O)[C@@H]1C.